The van der Waals surface area contributed by atoms with Crippen molar-refractivity contribution in [2.24, 2.45) is 0 Å². The molecule has 0 aliphatic carbocycles. The Kier molecular flexibility index (Phi) is 4.56. The molecule has 7 nitrogen and oxygen atoms in total. The molecule has 0 spiro atoms. The first-order valence-corrected chi connectivity index (χ1v) is 7.99. The van der Waals surface area contributed by atoms with Gasteiger partial charge in [0.1, 0.15) is 5.35 Å². The van der Waals surface area contributed by atoms with Gasteiger partial charge in [0, 0.05) is 5.56 Å². The molecule has 0 saturated carbocycles. The average Bonchev–Trinajstić information content (AvgIpc) is 2.94. The Hall–Kier alpha value is -3.09. The lowest BCUT2D eigenvalue weighted by atomic mass is 10.1. The van der Waals surface area contributed by atoms with Crippen LogP contribution in [0.25, 0.3) is 18.1 Å². The minimum atomic E-state index is -0.357. The maximum atomic E-state index is 12.4. The Bertz CT molecular complexity index is 1050. The molecule has 0 saturated heterocycles. The zero-order chi connectivity index (χ0) is 18.0. The molecule has 1 N–H and O–H groups in total. The molecule has 2 aliphatic heterocycles. The van der Waals surface area contributed by atoms with Crippen LogP contribution in [0.3, 0.4) is 0 Å². The highest BCUT2D eigenvalue weighted by Gasteiger charge is 2.14. The Morgan fingerprint density at radius 1 is 1.24 bits per heavy atom. The number of aromatic amines is 1. The van der Waals surface area contributed by atoms with E-state index in [1.807, 2.05) is 32.1 Å². The highest BCUT2D eigenvalue weighted by Crippen LogP contribution is 2.30. The first kappa shape index (κ1) is 16.8. The number of fused-ring (bicyclic) bond motifs is 1. The van der Waals surface area contributed by atoms with Gasteiger partial charge in [-0.15, -0.1) is 0 Å². The van der Waals surface area contributed by atoms with E-state index in [9.17, 15) is 4.79 Å². The normalized spacial score (nSPS) is 12.8. The van der Waals surface area contributed by atoms with Crippen molar-refractivity contribution < 1.29 is 9.47 Å². The van der Waals surface area contributed by atoms with Gasteiger partial charge in [-0.3, -0.25) is 9.89 Å². The van der Waals surface area contributed by atoms with E-state index in [1.54, 1.807) is 31.0 Å². The average molecular weight is 340 g/mol. The van der Waals surface area contributed by atoms with Crippen molar-refractivity contribution in [3.05, 3.63) is 50.5 Å². The van der Waals surface area contributed by atoms with Gasteiger partial charge in [-0.25, -0.2) is 9.67 Å². The standard InChI is InChI=1S/C18H20N4O3/c1-5-12-13(6-2)21-22-14(17(23)20-18(22)19-12)10-11-8-7-9-15(24-3)16(11)25-4/h6-10,21H,5H2,1-4H3/b13-6-,14-10+. The van der Waals surface area contributed by atoms with Gasteiger partial charge in [-0.1, -0.05) is 25.1 Å². The summed E-state index contributed by atoms with van der Waals surface area (Å²) in [5.41, 5.74) is 1.23. The number of rotatable bonds is 4. The monoisotopic (exact) mass is 340 g/mol. The van der Waals surface area contributed by atoms with Crippen LogP contribution in [0.2, 0.25) is 0 Å². The molecule has 7 heteroatoms. The second-order valence-electron chi connectivity index (χ2n) is 5.39. The van der Waals surface area contributed by atoms with Crippen LogP contribution in [-0.2, 0) is 6.42 Å². The van der Waals surface area contributed by atoms with Crippen LogP contribution in [0.15, 0.2) is 23.0 Å². The molecule has 130 valence electrons. The molecular weight excluding hydrogens is 320 g/mol. The molecule has 1 aromatic carbocycles. The second kappa shape index (κ2) is 6.80. The molecule has 3 rings (SSSR count). The molecular formula is C18H20N4O3. The molecule has 0 bridgehead atoms. The molecule has 0 fully saturated rings. The molecule has 25 heavy (non-hydrogen) atoms. The zero-order valence-corrected chi connectivity index (χ0v) is 14.7. The fourth-order valence-electron chi connectivity index (χ4n) is 2.75. The predicted molar refractivity (Wildman–Crippen MR) is 95.0 cm³/mol. The summed E-state index contributed by atoms with van der Waals surface area (Å²) in [6, 6.07) is 5.48. The van der Waals surface area contributed by atoms with Crippen LogP contribution in [0.4, 0.5) is 0 Å². The summed E-state index contributed by atoms with van der Waals surface area (Å²) in [7, 11) is 3.13. The maximum absolute atomic E-state index is 12.4. The van der Waals surface area contributed by atoms with E-state index in [0.29, 0.717) is 22.8 Å². The summed E-state index contributed by atoms with van der Waals surface area (Å²) in [5.74, 6) is 1.50. The van der Waals surface area contributed by atoms with Gasteiger partial charge in [0.05, 0.1) is 25.3 Å². The Morgan fingerprint density at radius 3 is 2.68 bits per heavy atom. The van der Waals surface area contributed by atoms with E-state index in [-0.39, 0.29) is 5.56 Å². The van der Waals surface area contributed by atoms with Crippen LogP contribution in [0.5, 0.6) is 11.5 Å². The lowest BCUT2D eigenvalue weighted by Crippen LogP contribution is -2.33. The molecule has 0 aromatic heterocycles. The molecule has 1 aromatic rings. The number of methoxy groups -OCH3 is 2. The summed E-state index contributed by atoms with van der Waals surface area (Å²) in [5, 5.41) is 4.44. The largest absolute Gasteiger partial charge is 0.493 e. The third-order valence-corrected chi connectivity index (χ3v) is 3.99. The number of ether oxygens (including phenoxy) is 2. The van der Waals surface area contributed by atoms with E-state index in [1.165, 1.54) is 0 Å². The fourth-order valence-corrected chi connectivity index (χ4v) is 2.75. The summed E-state index contributed by atoms with van der Waals surface area (Å²) in [6.07, 6.45) is 4.38. The maximum Gasteiger partial charge on any atom is 0.299 e. The summed E-state index contributed by atoms with van der Waals surface area (Å²) in [4.78, 5) is 20.9. The fraction of sp³-hybridized carbons (Fsp3) is 0.278. The number of nitrogens with zero attached hydrogens (tertiary/aromatic N) is 3. The van der Waals surface area contributed by atoms with Gasteiger partial charge in [-0.2, -0.15) is 4.98 Å². The Balaban J connectivity index is 2.32. The van der Waals surface area contributed by atoms with Crippen molar-refractivity contribution in [1.29, 1.82) is 0 Å². The number of H-pyrrole nitrogens is 1. The summed E-state index contributed by atoms with van der Waals surface area (Å²) >= 11 is 0. The number of aryl methyl sites for hydroxylation is 1. The van der Waals surface area contributed by atoms with Crippen molar-refractivity contribution >= 4 is 12.2 Å². The van der Waals surface area contributed by atoms with E-state index >= 15 is 0 Å². The minimum Gasteiger partial charge on any atom is -0.493 e. The molecule has 0 unspecified atom stereocenters. The lowest BCUT2D eigenvalue weighted by Gasteiger charge is -2.10. The minimum absolute atomic E-state index is 0.348. The molecule has 0 radical (unpaired) electrons. The zero-order valence-electron chi connectivity index (χ0n) is 14.7. The number of nitrogens with one attached hydrogen (secondary N) is 1. The van der Waals surface area contributed by atoms with Gasteiger partial charge in [0.25, 0.3) is 11.5 Å². The first-order valence-electron chi connectivity index (χ1n) is 7.99. The topological polar surface area (TPSA) is 82.0 Å². The van der Waals surface area contributed by atoms with Crippen LogP contribution in [0, 0.1) is 0 Å². The van der Waals surface area contributed by atoms with Crippen LogP contribution >= 0.6 is 0 Å². The lowest BCUT2D eigenvalue weighted by molar-refractivity contribution is 0.354. The molecule has 0 atom stereocenters. The van der Waals surface area contributed by atoms with Gasteiger partial charge in [0.2, 0.25) is 0 Å². The highest BCUT2D eigenvalue weighted by molar-refractivity contribution is 5.62. The number of hydrogen-bond donors (Lipinski definition) is 1. The highest BCUT2D eigenvalue weighted by atomic mass is 16.5. The van der Waals surface area contributed by atoms with Gasteiger partial charge in [-0.05, 0) is 25.5 Å². The molecule has 2 heterocycles. The smallest absolute Gasteiger partial charge is 0.299 e. The number of benzene rings is 1. The number of para-hydroxylation sites is 1. The number of hydrogen-bond acceptors (Lipinski definition) is 5. The Labute approximate surface area is 144 Å². The van der Waals surface area contributed by atoms with E-state index in [4.69, 9.17) is 9.47 Å². The number of aromatic nitrogens is 4. The van der Waals surface area contributed by atoms with E-state index in [0.717, 1.165) is 23.0 Å². The quantitative estimate of drug-likeness (QED) is 0.752. The van der Waals surface area contributed by atoms with Gasteiger partial charge in [0.15, 0.2) is 11.5 Å². The van der Waals surface area contributed by atoms with E-state index in [2.05, 4.69) is 15.1 Å². The van der Waals surface area contributed by atoms with Crippen molar-refractivity contribution in [2.45, 2.75) is 20.3 Å². The van der Waals surface area contributed by atoms with Gasteiger partial charge < -0.3 is 9.47 Å². The predicted octanol–water partition coefficient (Wildman–Crippen LogP) is 0.602. The van der Waals surface area contributed by atoms with Crippen molar-refractivity contribution in [3.8, 4) is 17.4 Å². The third-order valence-electron chi connectivity index (χ3n) is 3.99. The van der Waals surface area contributed by atoms with Gasteiger partial charge >= 0.3 is 0 Å². The third kappa shape index (κ3) is 2.88. The summed E-state index contributed by atoms with van der Waals surface area (Å²) in [6.45, 7) is 3.93. The first-order chi connectivity index (χ1) is 12.1. The Morgan fingerprint density at radius 2 is 2.04 bits per heavy atom. The molecule has 0 amide bonds. The summed E-state index contributed by atoms with van der Waals surface area (Å²) < 4.78 is 12.3. The molecule has 2 aliphatic rings. The van der Waals surface area contributed by atoms with Crippen molar-refractivity contribution in [2.75, 3.05) is 14.2 Å². The van der Waals surface area contributed by atoms with Crippen LogP contribution in [-0.4, -0.2) is 34.0 Å². The van der Waals surface area contributed by atoms with Crippen molar-refractivity contribution in [1.82, 2.24) is 19.7 Å². The van der Waals surface area contributed by atoms with Crippen LogP contribution in [0.1, 0.15) is 25.1 Å². The van der Waals surface area contributed by atoms with E-state index < -0.39 is 0 Å². The second-order valence-corrected chi connectivity index (χ2v) is 5.39. The SMILES string of the molecule is C/C=c1\[nH]n2/c(=C/c3cccc(OC)c3OC)c(=O)nc-2nc1CC. The van der Waals surface area contributed by atoms with Crippen LogP contribution < -0.4 is 25.7 Å². The van der Waals surface area contributed by atoms with Crippen molar-refractivity contribution in [3.63, 3.8) is 0 Å². The number of imidazole rings is 1.